The molecule has 0 rings (SSSR count). The summed E-state index contributed by atoms with van der Waals surface area (Å²) in [6, 6.07) is -0.626. The van der Waals surface area contributed by atoms with Crippen molar-refractivity contribution in [2.75, 3.05) is 13.2 Å². The van der Waals surface area contributed by atoms with Crippen molar-refractivity contribution in [3.63, 3.8) is 0 Å². The SMILES string of the molecule is CCCCCCCCCCCCC/C=C/C(O)C(CO)NC(=O)CCCCCCCCCCCCCCC/C=C\CCCCCCCCCCCCCCOC(=O)CCCCCCCCCCCCCCCCC. The predicted molar refractivity (Wildman–Crippen MR) is 324 cm³/mol. The highest BCUT2D eigenvalue weighted by Gasteiger charge is 2.18. The molecule has 74 heavy (non-hydrogen) atoms. The lowest BCUT2D eigenvalue weighted by Gasteiger charge is -2.20. The second-order valence-electron chi connectivity index (χ2n) is 23.2. The van der Waals surface area contributed by atoms with Crippen molar-refractivity contribution in [3.05, 3.63) is 24.3 Å². The average Bonchev–Trinajstić information content (AvgIpc) is 3.40. The second kappa shape index (κ2) is 63.9. The molecule has 6 heteroatoms. The van der Waals surface area contributed by atoms with Crippen LogP contribution in [0.2, 0.25) is 0 Å². The zero-order valence-corrected chi connectivity index (χ0v) is 50.1. The highest BCUT2D eigenvalue weighted by atomic mass is 16.5. The molecule has 0 heterocycles. The van der Waals surface area contributed by atoms with Crippen LogP contribution in [0.1, 0.15) is 373 Å². The fraction of sp³-hybridized carbons (Fsp3) is 0.912. The number of rotatable bonds is 63. The monoisotopic (exact) mass is 1040 g/mol. The van der Waals surface area contributed by atoms with Crippen LogP contribution in [0.15, 0.2) is 24.3 Å². The molecule has 0 bridgehead atoms. The Hall–Kier alpha value is -1.66. The first-order valence-corrected chi connectivity index (χ1v) is 33.6. The Labute approximate surface area is 462 Å². The van der Waals surface area contributed by atoms with E-state index in [9.17, 15) is 19.8 Å². The zero-order valence-electron chi connectivity index (χ0n) is 50.1. The Morgan fingerprint density at radius 3 is 0.959 bits per heavy atom. The van der Waals surface area contributed by atoms with Gasteiger partial charge in [-0.05, 0) is 57.8 Å². The standard InChI is InChI=1S/C68H131NO5/c1-3-5-7-9-11-13-15-17-33-38-42-46-50-54-58-62-68(73)74-63-59-55-51-47-43-39-35-32-30-28-26-24-22-20-18-19-21-23-25-27-29-31-34-37-41-45-49-53-57-61-67(72)69-65(64-70)66(71)60-56-52-48-44-40-36-16-14-12-10-8-6-4-2/h18,20,56,60,65-66,70-71H,3-17,19,21-55,57-59,61-64H2,1-2H3,(H,69,72)/b20-18-,60-56+. The molecule has 438 valence electrons. The van der Waals surface area contributed by atoms with E-state index in [0.717, 1.165) is 38.5 Å². The number of hydrogen-bond donors (Lipinski definition) is 3. The van der Waals surface area contributed by atoms with Crippen LogP contribution in [0.3, 0.4) is 0 Å². The summed E-state index contributed by atoms with van der Waals surface area (Å²) in [7, 11) is 0. The van der Waals surface area contributed by atoms with Crippen LogP contribution in [0.25, 0.3) is 0 Å². The van der Waals surface area contributed by atoms with Gasteiger partial charge in [-0.25, -0.2) is 0 Å². The number of ether oxygens (including phenoxy) is 1. The third-order valence-electron chi connectivity index (χ3n) is 15.7. The molecule has 6 nitrogen and oxygen atoms in total. The number of carbonyl (C=O) groups is 2. The van der Waals surface area contributed by atoms with Gasteiger partial charge in [0.15, 0.2) is 0 Å². The molecule has 0 spiro atoms. The summed E-state index contributed by atoms with van der Waals surface area (Å²) in [5.41, 5.74) is 0. The van der Waals surface area contributed by atoms with Crippen LogP contribution < -0.4 is 5.32 Å². The lowest BCUT2D eigenvalue weighted by Crippen LogP contribution is -2.45. The van der Waals surface area contributed by atoms with E-state index in [1.807, 2.05) is 6.08 Å². The molecule has 0 aromatic carbocycles. The molecule has 2 unspecified atom stereocenters. The number of amides is 1. The van der Waals surface area contributed by atoms with Crippen molar-refractivity contribution in [1.29, 1.82) is 0 Å². The third kappa shape index (κ3) is 59.6. The summed E-state index contributed by atoms with van der Waals surface area (Å²) < 4.78 is 5.50. The minimum atomic E-state index is -0.843. The first kappa shape index (κ1) is 72.3. The summed E-state index contributed by atoms with van der Waals surface area (Å²) in [6.45, 7) is 4.93. The van der Waals surface area contributed by atoms with Crippen molar-refractivity contribution in [1.82, 2.24) is 5.32 Å². The van der Waals surface area contributed by atoms with E-state index in [1.54, 1.807) is 6.08 Å². The maximum Gasteiger partial charge on any atom is 0.305 e. The molecule has 0 aliphatic carbocycles. The molecule has 0 saturated heterocycles. The molecule has 3 N–H and O–H groups in total. The predicted octanol–water partition coefficient (Wildman–Crippen LogP) is 21.4. The van der Waals surface area contributed by atoms with Gasteiger partial charge in [0.05, 0.1) is 25.4 Å². The molecular weight excluding hydrogens is 911 g/mol. The van der Waals surface area contributed by atoms with Crippen LogP contribution in [0.4, 0.5) is 0 Å². The van der Waals surface area contributed by atoms with E-state index in [0.29, 0.717) is 19.4 Å². The summed E-state index contributed by atoms with van der Waals surface area (Å²) in [5.74, 6) is -0.0463. The maximum absolute atomic E-state index is 12.5. The van der Waals surface area contributed by atoms with Crippen molar-refractivity contribution in [3.8, 4) is 0 Å². The van der Waals surface area contributed by atoms with Crippen molar-refractivity contribution < 1.29 is 24.5 Å². The number of unbranched alkanes of at least 4 members (excludes halogenated alkanes) is 50. The fourth-order valence-electron chi connectivity index (χ4n) is 10.6. The quantitative estimate of drug-likeness (QED) is 0.0320. The summed E-state index contributed by atoms with van der Waals surface area (Å²) in [6.07, 6.45) is 79.6. The van der Waals surface area contributed by atoms with Gasteiger partial charge in [-0.3, -0.25) is 9.59 Å². The van der Waals surface area contributed by atoms with Crippen LogP contribution in [-0.2, 0) is 14.3 Å². The Bertz CT molecular complexity index is 1150. The first-order valence-electron chi connectivity index (χ1n) is 33.6. The van der Waals surface area contributed by atoms with E-state index in [-0.39, 0.29) is 18.5 Å². The molecule has 0 radical (unpaired) electrons. The van der Waals surface area contributed by atoms with Gasteiger partial charge in [0, 0.05) is 12.8 Å². The van der Waals surface area contributed by atoms with Crippen molar-refractivity contribution >= 4 is 11.9 Å². The number of aliphatic hydroxyl groups excluding tert-OH is 2. The lowest BCUT2D eigenvalue weighted by molar-refractivity contribution is -0.143. The number of nitrogens with one attached hydrogen (secondary N) is 1. The van der Waals surface area contributed by atoms with E-state index < -0.39 is 12.1 Å². The molecule has 0 fully saturated rings. The number of allylic oxidation sites excluding steroid dienone is 3. The molecular formula is C68H131NO5. The Kier molecular flexibility index (Phi) is 62.4. The smallest absolute Gasteiger partial charge is 0.305 e. The molecule has 0 aromatic rings. The van der Waals surface area contributed by atoms with Crippen LogP contribution in [0, 0.1) is 0 Å². The summed E-state index contributed by atoms with van der Waals surface area (Å²) in [4.78, 5) is 24.5. The largest absolute Gasteiger partial charge is 0.466 e. The molecule has 2 atom stereocenters. The Balaban J connectivity index is 3.36. The van der Waals surface area contributed by atoms with E-state index >= 15 is 0 Å². The molecule has 0 saturated carbocycles. The van der Waals surface area contributed by atoms with Crippen LogP contribution in [-0.4, -0.2) is 47.4 Å². The van der Waals surface area contributed by atoms with Crippen LogP contribution >= 0.6 is 0 Å². The Morgan fingerprint density at radius 1 is 0.365 bits per heavy atom. The molecule has 1 amide bonds. The Morgan fingerprint density at radius 2 is 0.635 bits per heavy atom. The van der Waals surface area contributed by atoms with Gasteiger partial charge in [-0.2, -0.15) is 0 Å². The zero-order chi connectivity index (χ0) is 53.6. The second-order valence-corrected chi connectivity index (χ2v) is 23.2. The van der Waals surface area contributed by atoms with Gasteiger partial charge in [-0.15, -0.1) is 0 Å². The number of carbonyl (C=O) groups excluding carboxylic acids is 2. The van der Waals surface area contributed by atoms with E-state index in [4.69, 9.17) is 4.74 Å². The number of hydrogen-bond acceptors (Lipinski definition) is 5. The van der Waals surface area contributed by atoms with Crippen molar-refractivity contribution in [2.24, 2.45) is 0 Å². The summed E-state index contributed by atoms with van der Waals surface area (Å²) >= 11 is 0. The highest BCUT2D eigenvalue weighted by molar-refractivity contribution is 5.76. The minimum Gasteiger partial charge on any atom is -0.466 e. The normalized spacial score (nSPS) is 12.6. The van der Waals surface area contributed by atoms with Gasteiger partial charge >= 0.3 is 5.97 Å². The topological polar surface area (TPSA) is 95.9 Å². The van der Waals surface area contributed by atoms with Crippen molar-refractivity contribution in [2.45, 2.75) is 386 Å². The maximum atomic E-state index is 12.5. The first-order chi connectivity index (χ1) is 36.5. The minimum absolute atomic E-state index is 0.0195. The molecule has 0 aromatic heterocycles. The molecule has 0 aliphatic rings. The lowest BCUT2D eigenvalue weighted by atomic mass is 10.0. The van der Waals surface area contributed by atoms with E-state index in [1.165, 1.54) is 308 Å². The van der Waals surface area contributed by atoms with Crippen LogP contribution in [0.5, 0.6) is 0 Å². The average molecular weight is 1040 g/mol. The number of esters is 1. The van der Waals surface area contributed by atoms with Gasteiger partial charge < -0.3 is 20.3 Å². The highest BCUT2D eigenvalue weighted by Crippen LogP contribution is 2.18. The molecule has 0 aliphatic heterocycles. The van der Waals surface area contributed by atoms with E-state index in [2.05, 4.69) is 31.3 Å². The van der Waals surface area contributed by atoms with Gasteiger partial charge in [0.2, 0.25) is 5.91 Å². The van der Waals surface area contributed by atoms with Gasteiger partial charge in [-0.1, -0.05) is 327 Å². The fourth-order valence-corrected chi connectivity index (χ4v) is 10.6. The van der Waals surface area contributed by atoms with Gasteiger partial charge in [0.25, 0.3) is 0 Å². The van der Waals surface area contributed by atoms with Gasteiger partial charge in [0.1, 0.15) is 0 Å². The summed E-state index contributed by atoms with van der Waals surface area (Å²) in [5, 5.41) is 23.1. The third-order valence-corrected chi connectivity index (χ3v) is 15.7. The number of aliphatic hydroxyl groups is 2.